The fraction of sp³-hybridized carbons (Fsp3) is 0.367. The number of fused-ring (bicyclic) bond motifs is 1. The summed E-state index contributed by atoms with van der Waals surface area (Å²) in [7, 11) is 1.69. The molecule has 3 aromatic rings. The van der Waals surface area contributed by atoms with Gasteiger partial charge in [-0.15, -0.1) is 0 Å². The first-order valence-electron chi connectivity index (χ1n) is 12.2. The van der Waals surface area contributed by atoms with Gasteiger partial charge in [0.2, 0.25) is 0 Å². The van der Waals surface area contributed by atoms with Crippen molar-refractivity contribution in [3.05, 3.63) is 95.1 Å². The lowest BCUT2D eigenvalue weighted by Crippen LogP contribution is -2.27. The number of carbonyl (C=O) groups excluding carboxylic acids is 1. The Kier molecular flexibility index (Phi) is 6.42. The topological polar surface area (TPSA) is 38.8 Å². The normalized spacial score (nSPS) is 22.5. The van der Waals surface area contributed by atoms with Gasteiger partial charge in [-0.1, -0.05) is 67.6 Å². The van der Waals surface area contributed by atoms with E-state index in [1.165, 1.54) is 22.3 Å². The summed E-state index contributed by atoms with van der Waals surface area (Å²) in [6.07, 6.45) is 3.57. The van der Waals surface area contributed by atoms with Crippen LogP contribution in [0.25, 0.3) is 0 Å². The summed E-state index contributed by atoms with van der Waals surface area (Å²) in [6, 6.07) is 25.5. The van der Waals surface area contributed by atoms with E-state index in [4.69, 9.17) is 9.47 Å². The zero-order chi connectivity index (χ0) is 23.5. The molecule has 1 heterocycles. The zero-order valence-corrected chi connectivity index (χ0v) is 20.1. The number of benzene rings is 3. The largest absolute Gasteiger partial charge is 0.493 e. The third kappa shape index (κ3) is 4.60. The lowest BCUT2D eigenvalue weighted by Gasteiger charge is -2.29. The molecule has 0 amide bonds. The zero-order valence-electron chi connectivity index (χ0n) is 20.1. The number of hydrogen-bond donors (Lipinski definition) is 0. The van der Waals surface area contributed by atoms with Crippen molar-refractivity contribution >= 4 is 6.29 Å². The number of methoxy groups -OCH3 is 1. The number of carbonyl (C=O) groups is 1. The summed E-state index contributed by atoms with van der Waals surface area (Å²) in [6.45, 7) is 4.95. The molecule has 2 unspecified atom stereocenters. The molecule has 1 saturated heterocycles. The maximum atomic E-state index is 11.7. The number of ether oxygens (including phenoxy) is 2. The van der Waals surface area contributed by atoms with Crippen molar-refractivity contribution in [1.82, 2.24) is 4.90 Å². The van der Waals surface area contributed by atoms with Crippen LogP contribution < -0.4 is 9.47 Å². The van der Waals surface area contributed by atoms with Crippen LogP contribution in [-0.4, -0.2) is 37.5 Å². The minimum atomic E-state index is -0.119. The van der Waals surface area contributed by atoms with E-state index in [-0.39, 0.29) is 17.4 Å². The Hall–Kier alpha value is -3.11. The van der Waals surface area contributed by atoms with E-state index < -0.39 is 0 Å². The van der Waals surface area contributed by atoms with Gasteiger partial charge in [-0.05, 0) is 39.8 Å². The SMILES string of the molecule is COc1ccc(C2CN(Cc3ccccc3)CC2(C)CC=O)cc1OC1Cc2ccccc2C1. The summed E-state index contributed by atoms with van der Waals surface area (Å²) < 4.78 is 12.2. The lowest BCUT2D eigenvalue weighted by atomic mass is 9.74. The van der Waals surface area contributed by atoms with Crippen LogP contribution >= 0.6 is 0 Å². The summed E-state index contributed by atoms with van der Waals surface area (Å²) in [5, 5.41) is 0. The number of nitrogens with zero attached hydrogens (tertiary/aromatic N) is 1. The number of hydrogen-bond acceptors (Lipinski definition) is 4. The minimum Gasteiger partial charge on any atom is -0.493 e. The maximum Gasteiger partial charge on any atom is 0.161 e. The fourth-order valence-corrected chi connectivity index (χ4v) is 5.81. The first-order valence-corrected chi connectivity index (χ1v) is 12.2. The van der Waals surface area contributed by atoms with Gasteiger partial charge in [0.1, 0.15) is 12.4 Å². The van der Waals surface area contributed by atoms with E-state index in [1.54, 1.807) is 7.11 Å². The molecule has 0 N–H and O–H groups in total. The minimum absolute atomic E-state index is 0.112. The molecule has 0 spiro atoms. The van der Waals surface area contributed by atoms with Crippen molar-refractivity contribution in [3.8, 4) is 11.5 Å². The van der Waals surface area contributed by atoms with Gasteiger partial charge in [0.05, 0.1) is 7.11 Å². The molecule has 3 aromatic carbocycles. The van der Waals surface area contributed by atoms with Gasteiger partial charge in [0.25, 0.3) is 0 Å². The molecule has 34 heavy (non-hydrogen) atoms. The molecule has 1 aliphatic heterocycles. The molecule has 0 saturated carbocycles. The first kappa shape index (κ1) is 22.7. The van der Waals surface area contributed by atoms with Crippen LogP contribution in [0.2, 0.25) is 0 Å². The Balaban J connectivity index is 1.38. The molecular formula is C30H33NO3. The Morgan fingerprint density at radius 1 is 0.971 bits per heavy atom. The average molecular weight is 456 g/mol. The van der Waals surface area contributed by atoms with Crippen molar-refractivity contribution in [1.29, 1.82) is 0 Å². The predicted molar refractivity (Wildman–Crippen MR) is 135 cm³/mol. The molecule has 0 radical (unpaired) electrons. The second-order valence-corrected chi connectivity index (χ2v) is 10.1. The molecular weight excluding hydrogens is 422 g/mol. The third-order valence-electron chi connectivity index (χ3n) is 7.56. The van der Waals surface area contributed by atoms with Crippen LogP contribution in [0.4, 0.5) is 0 Å². The molecule has 0 bridgehead atoms. The van der Waals surface area contributed by atoms with Crippen LogP contribution in [0.3, 0.4) is 0 Å². The quantitative estimate of drug-likeness (QED) is 0.424. The van der Waals surface area contributed by atoms with Gasteiger partial charge in [-0.3, -0.25) is 4.90 Å². The van der Waals surface area contributed by atoms with Gasteiger partial charge >= 0.3 is 0 Å². The Labute approximate surface area is 202 Å². The smallest absolute Gasteiger partial charge is 0.161 e. The fourth-order valence-electron chi connectivity index (χ4n) is 5.81. The maximum absolute atomic E-state index is 11.7. The molecule has 4 nitrogen and oxygen atoms in total. The van der Waals surface area contributed by atoms with Gasteiger partial charge in [-0.25, -0.2) is 0 Å². The Bertz CT molecular complexity index is 1120. The van der Waals surface area contributed by atoms with E-state index in [9.17, 15) is 4.79 Å². The van der Waals surface area contributed by atoms with Gasteiger partial charge in [0, 0.05) is 44.8 Å². The molecule has 1 aliphatic carbocycles. The van der Waals surface area contributed by atoms with Crippen molar-refractivity contribution in [2.45, 2.75) is 44.8 Å². The molecule has 176 valence electrons. The van der Waals surface area contributed by atoms with E-state index in [2.05, 4.69) is 78.6 Å². The van der Waals surface area contributed by atoms with Crippen LogP contribution in [0, 0.1) is 5.41 Å². The average Bonchev–Trinajstić information content (AvgIpc) is 3.39. The molecule has 2 atom stereocenters. The summed E-state index contributed by atoms with van der Waals surface area (Å²) >= 11 is 0. The van der Waals surface area contributed by atoms with E-state index in [1.807, 2.05) is 6.07 Å². The van der Waals surface area contributed by atoms with Gasteiger partial charge in [0.15, 0.2) is 11.5 Å². The van der Waals surface area contributed by atoms with Crippen molar-refractivity contribution in [3.63, 3.8) is 0 Å². The molecule has 0 aromatic heterocycles. The standard InChI is InChI=1S/C30H33NO3/c1-30(14-15-32)21-31(19-22-8-4-3-5-9-22)20-27(30)25-12-13-28(33-2)29(18-25)34-26-16-23-10-6-7-11-24(23)17-26/h3-13,15,18,26-27H,14,16-17,19-21H2,1-2H3. The number of rotatable bonds is 8. The van der Waals surface area contributed by atoms with Crippen LogP contribution in [0.5, 0.6) is 11.5 Å². The predicted octanol–water partition coefficient (Wildman–Crippen LogP) is 5.44. The van der Waals surface area contributed by atoms with E-state index in [0.717, 1.165) is 50.3 Å². The van der Waals surface area contributed by atoms with E-state index >= 15 is 0 Å². The summed E-state index contributed by atoms with van der Waals surface area (Å²) in [5.41, 5.74) is 5.14. The number of aldehydes is 1. The van der Waals surface area contributed by atoms with Gasteiger partial charge < -0.3 is 14.3 Å². The Morgan fingerprint density at radius 2 is 1.68 bits per heavy atom. The molecule has 5 rings (SSSR count). The molecule has 4 heteroatoms. The van der Waals surface area contributed by atoms with Crippen LogP contribution in [0.1, 0.15) is 41.5 Å². The monoisotopic (exact) mass is 455 g/mol. The molecule has 2 aliphatic rings. The Morgan fingerprint density at radius 3 is 2.35 bits per heavy atom. The van der Waals surface area contributed by atoms with Crippen molar-refractivity contribution < 1.29 is 14.3 Å². The van der Waals surface area contributed by atoms with Crippen molar-refractivity contribution in [2.75, 3.05) is 20.2 Å². The second-order valence-electron chi connectivity index (χ2n) is 10.1. The first-order chi connectivity index (χ1) is 16.6. The summed E-state index contributed by atoms with van der Waals surface area (Å²) in [5.74, 6) is 1.80. The highest BCUT2D eigenvalue weighted by Crippen LogP contribution is 2.47. The summed E-state index contributed by atoms with van der Waals surface area (Å²) in [4.78, 5) is 14.1. The highest BCUT2D eigenvalue weighted by atomic mass is 16.5. The van der Waals surface area contributed by atoms with Crippen LogP contribution in [-0.2, 0) is 24.2 Å². The van der Waals surface area contributed by atoms with Gasteiger partial charge in [-0.2, -0.15) is 0 Å². The lowest BCUT2D eigenvalue weighted by molar-refractivity contribution is -0.109. The highest BCUT2D eigenvalue weighted by Gasteiger charge is 2.43. The van der Waals surface area contributed by atoms with Crippen LogP contribution in [0.15, 0.2) is 72.8 Å². The van der Waals surface area contributed by atoms with E-state index in [0.29, 0.717) is 6.42 Å². The molecule has 1 fully saturated rings. The second kappa shape index (κ2) is 9.63. The number of likely N-dealkylation sites (tertiary alicyclic amines) is 1. The van der Waals surface area contributed by atoms with Crippen molar-refractivity contribution in [2.24, 2.45) is 5.41 Å². The highest BCUT2D eigenvalue weighted by molar-refractivity contribution is 5.52. The third-order valence-corrected chi connectivity index (χ3v) is 7.56.